The van der Waals surface area contributed by atoms with Gasteiger partial charge in [-0.1, -0.05) is 12.8 Å². The topological polar surface area (TPSA) is 67.4 Å². The predicted octanol–water partition coefficient (Wildman–Crippen LogP) is 3.84. The first-order valence-corrected chi connectivity index (χ1v) is 11.8. The first kappa shape index (κ1) is 26.8. The van der Waals surface area contributed by atoms with Crippen LogP contribution in [0.5, 0.6) is 17.2 Å². The van der Waals surface area contributed by atoms with E-state index in [1.807, 2.05) is 12.1 Å². The number of guanidine groups is 1. The van der Waals surface area contributed by atoms with Crippen molar-refractivity contribution in [1.29, 1.82) is 0 Å². The molecule has 0 aromatic heterocycles. The minimum absolute atomic E-state index is 0. The zero-order valence-electron chi connectivity index (χ0n) is 20.1. The van der Waals surface area contributed by atoms with Crippen molar-refractivity contribution in [3.63, 3.8) is 0 Å². The van der Waals surface area contributed by atoms with Gasteiger partial charge < -0.3 is 29.7 Å². The van der Waals surface area contributed by atoms with E-state index < -0.39 is 0 Å². The molecule has 0 unspecified atom stereocenters. The average molecular weight is 561 g/mol. The van der Waals surface area contributed by atoms with E-state index in [1.54, 1.807) is 21.3 Å². The molecule has 1 heterocycles. The van der Waals surface area contributed by atoms with Crippen molar-refractivity contribution in [2.75, 3.05) is 47.5 Å². The summed E-state index contributed by atoms with van der Waals surface area (Å²) in [4.78, 5) is 7.54. The van der Waals surface area contributed by atoms with Gasteiger partial charge in [-0.05, 0) is 39.0 Å². The van der Waals surface area contributed by atoms with Crippen molar-refractivity contribution < 1.29 is 14.2 Å². The van der Waals surface area contributed by atoms with Gasteiger partial charge in [0.2, 0.25) is 0 Å². The number of nitrogens with zero attached hydrogens (tertiary/aromatic N) is 2. The van der Waals surface area contributed by atoms with E-state index in [9.17, 15) is 0 Å². The number of ether oxygens (including phenoxy) is 3. The molecule has 1 saturated carbocycles. The minimum atomic E-state index is 0. The van der Waals surface area contributed by atoms with Gasteiger partial charge in [-0.25, -0.2) is 0 Å². The summed E-state index contributed by atoms with van der Waals surface area (Å²) < 4.78 is 16.5. The lowest BCUT2D eigenvalue weighted by Gasteiger charge is -2.36. The van der Waals surface area contributed by atoms with Gasteiger partial charge in [0, 0.05) is 56.0 Å². The molecular formula is C24H41IN4O3. The molecule has 1 aromatic rings. The Morgan fingerprint density at radius 2 is 1.62 bits per heavy atom. The van der Waals surface area contributed by atoms with Crippen molar-refractivity contribution >= 4 is 29.9 Å². The number of halogens is 1. The Kier molecular flexibility index (Phi) is 11.7. The Hall–Kier alpha value is -1.42. The fourth-order valence-corrected chi connectivity index (χ4v) is 4.80. The Morgan fingerprint density at radius 1 is 1.00 bits per heavy atom. The van der Waals surface area contributed by atoms with Crippen molar-refractivity contribution in [3.8, 4) is 17.2 Å². The van der Waals surface area contributed by atoms with Crippen LogP contribution in [-0.4, -0.2) is 70.5 Å². The summed E-state index contributed by atoms with van der Waals surface area (Å²) in [5, 5.41) is 7.06. The maximum absolute atomic E-state index is 5.56. The van der Waals surface area contributed by atoms with E-state index in [4.69, 9.17) is 19.2 Å². The lowest BCUT2D eigenvalue weighted by Crippen LogP contribution is -2.50. The first-order chi connectivity index (χ1) is 15.2. The van der Waals surface area contributed by atoms with Gasteiger partial charge in [-0.2, -0.15) is 0 Å². The second kappa shape index (κ2) is 14.0. The van der Waals surface area contributed by atoms with Crippen LogP contribution < -0.4 is 24.8 Å². The molecule has 1 aromatic carbocycles. The average Bonchev–Trinajstić information content (AvgIpc) is 3.34. The summed E-state index contributed by atoms with van der Waals surface area (Å²) in [6.45, 7) is 6.00. The Labute approximate surface area is 210 Å². The Bertz CT molecular complexity index is 692. The third-order valence-electron chi connectivity index (χ3n) is 6.50. The fourth-order valence-electron chi connectivity index (χ4n) is 4.80. The SMILES string of the molecule is CCNC(=NCCc1c(OC)cc(OC)cc1OC)NC1CCN(C2CCCC2)CC1.I. The quantitative estimate of drug-likeness (QED) is 0.272. The first-order valence-electron chi connectivity index (χ1n) is 11.8. The molecule has 1 saturated heterocycles. The van der Waals surface area contributed by atoms with Gasteiger partial charge in [0.15, 0.2) is 5.96 Å². The molecule has 32 heavy (non-hydrogen) atoms. The van der Waals surface area contributed by atoms with Crippen molar-refractivity contribution in [1.82, 2.24) is 15.5 Å². The van der Waals surface area contributed by atoms with Crippen molar-refractivity contribution in [3.05, 3.63) is 17.7 Å². The van der Waals surface area contributed by atoms with E-state index in [0.29, 0.717) is 12.6 Å². The van der Waals surface area contributed by atoms with Crippen LogP contribution in [0, 0.1) is 0 Å². The maximum atomic E-state index is 5.56. The molecule has 0 bridgehead atoms. The Morgan fingerprint density at radius 3 is 2.16 bits per heavy atom. The van der Waals surface area contributed by atoms with E-state index in [0.717, 1.165) is 47.8 Å². The third kappa shape index (κ3) is 7.30. The molecule has 7 nitrogen and oxygen atoms in total. The zero-order valence-corrected chi connectivity index (χ0v) is 22.4. The molecular weight excluding hydrogens is 519 g/mol. The minimum Gasteiger partial charge on any atom is -0.496 e. The molecule has 2 fully saturated rings. The number of piperidine rings is 1. The molecule has 3 rings (SSSR count). The molecule has 2 aliphatic rings. The van der Waals surface area contributed by atoms with Crippen molar-refractivity contribution in [2.45, 2.75) is 64.0 Å². The summed E-state index contributed by atoms with van der Waals surface area (Å²) in [7, 11) is 4.99. The molecule has 1 aliphatic heterocycles. The summed E-state index contributed by atoms with van der Waals surface area (Å²) in [6.07, 6.45) is 8.68. The normalized spacial score (nSPS) is 18.2. The van der Waals surface area contributed by atoms with Gasteiger partial charge in [-0.3, -0.25) is 4.99 Å². The third-order valence-corrected chi connectivity index (χ3v) is 6.50. The van der Waals surface area contributed by atoms with E-state index in [2.05, 4.69) is 22.5 Å². The highest BCUT2D eigenvalue weighted by molar-refractivity contribution is 14.0. The molecule has 182 valence electrons. The number of hydrogen-bond donors (Lipinski definition) is 2. The molecule has 0 spiro atoms. The number of likely N-dealkylation sites (tertiary alicyclic amines) is 1. The number of methoxy groups -OCH3 is 3. The monoisotopic (exact) mass is 560 g/mol. The largest absolute Gasteiger partial charge is 0.496 e. The standard InChI is InChI=1S/C24H40N4O3.HI/c1-5-25-24(27-18-11-14-28(15-12-18)19-8-6-7-9-19)26-13-10-21-22(30-3)16-20(29-2)17-23(21)31-4;/h16-19H,5-15H2,1-4H3,(H2,25,26,27);1H. The number of aliphatic imine (C=N–C) groups is 1. The van der Waals surface area contributed by atoms with Crippen LogP contribution in [0.3, 0.4) is 0 Å². The molecule has 0 radical (unpaired) electrons. The highest BCUT2D eigenvalue weighted by Crippen LogP contribution is 2.34. The lowest BCUT2D eigenvalue weighted by molar-refractivity contribution is 0.150. The van der Waals surface area contributed by atoms with E-state index >= 15 is 0 Å². The highest BCUT2D eigenvalue weighted by Gasteiger charge is 2.27. The predicted molar refractivity (Wildman–Crippen MR) is 141 cm³/mol. The van der Waals surface area contributed by atoms with Crippen LogP contribution in [0.2, 0.25) is 0 Å². The Balaban J connectivity index is 0.00000363. The van der Waals surface area contributed by atoms with Crippen LogP contribution in [0.25, 0.3) is 0 Å². The van der Waals surface area contributed by atoms with E-state index in [1.165, 1.54) is 51.6 Å². The maximum Gasteiger partial charge on any atom is 0.191 e. The van der Waals surface area contributed by atoms with Gasteiger partial charge in [-0.15, -0.1) is 24.0 Å². The summed E-state index contributed by atoms with van der Waals surface area (Å²) in [5.41, 5.74) is 1.01. The van der Waals surface area contributed by atoms with Gasteiger partial charge in [0.25, 0.3) is 0 Å². The van der Waals surface area contributed by atoms with E-state index in [-0.39, 0.29) is 24.0 Å². The fraction of sp³-hybridized carbons (Fsp3) is 0.708. The van der Waals surface area contributed by atoms with Crippen LogP contribution in [-0.2, 0) is 6.42 Å². The smallest absolute Gasteiger partial charge is 0.191 e. The van der Waals surface area contributed by atoms with Gasteiger partial charge in [0.05, 0.1) is 21.3 Å². The second-order valence-corrected chi connectivity index (χ2v) is 8.41. The molecule has 8 heteroatoms. The molecule has 2 N–H and O–H groups in total. The number of hydrogen-bond acceptors (Lipinski definition) is 5. The molecule has 1 aliphatic carbocycles. The van der Waals surface area contributed by atoms with Crippen LogP contribution in [0.4, 0.5) is 0 Å². The van der Waals surface area contributed by atoms with Gasteiger partial charge >= 0.3 is 0 Å². The van der Waals surface area contributed by atoms with Crippen LogP contribution >= 0.6 is 24.0 Å². The van der Waals surface area contributed by atoms with Crippen molar-refractivity contribution in [2.24, 2.45) is 4.99 Å². The molecule has 0 amide bonds. The zero-order chi connectivity index (χ0) is 22.1. The van der Waals surface area contributed by atoms with Gasteiger partial charge in [0.1, 0.15) is 17.2 Å². The highest BCUT2D eigenvalue weighted by atomic mass is 127. The summed E-state index contributed by atoms with van der Waals surface area (Å²) in [5.74, 6) is 3.15. The number of rotatable bonds is 9. The lowest BCUT2D eigenvalue weighted by atomic mass is 10.0. The summed E-state index contributed by atoms with van der Waals surface area (Å²) in [6, 6.07) is 5.10. The summed E-state index contributed by atoms with van der Waals surface area (Å²) >= 11 is 0. The molecule has 0 atom stereocenters. The van der Waals surface area contributed by atoms with Crippen LogP contribution in [0.1, 0.15) is 51.0 Å². The second-order valence-electron chi connectivity index (χ2n) is 8.41. The number of benzene rings is 1. The number of nitrogens with one attached hydrogen (secondary N) is 2. The van der Waals surface area contributed by atoms with Crippen LogP contribution in [0.15, 0.2) is 17.1 Å².